The average molecular weight is 307 g/mol. The Labute approximate surface area is 131 Å². The van der Waals surface area contributed by atoms with Gasteiger partial charge in [-0.05, 0) is 41.5 Å². The highest BCUT2D eigenvalue weighted by atomic mass is 19.1. The monoisotopic (exact) mass is 307 g/mol. The van der Waals surface area contributed by atoms with E-state index >= 15 is 0 Å². The van der Waals surface area contributed by atoms with Crippen LogP contribution in [-0.4, -0.2) is 11.8 Å². The van der Waals surface area contributed by atoms with Gasteiger partial charge in [-0.2, -0.15) is 5.26 Å². The molecule has 5 heteroatoms. The highest BCUT2D eigenvalue weighted by Crippen LogP contribution is 2.31. The van der Waals surface area contributed by atoms with Crippen molar-refractivity contribution in [3.8, 4) is 6.07 Å². The summed E-state index contributed by atoms with van der Waals surface area (Å²) in [6.45, 7) is 0. The number of nitrogens with zero attached hydrogens (tertiary/aromatic N) is 1. The predicted octanol–water partition coefficient (Wildman–Crippen LogP) is 2.95. The van der Waals surface area contributed by atoms with Crippen molar-refractivity contribution in [1.82, 2.24) is 0 Å². The smallest absolute Gasteiger partial charge is 0.327 e. The van der Waals surface area contributed by atoms with Crippen LogP contribution in [0.5, 0.6) is 0 Å². The lowest BCUT2D eigenvalue weighted by atomic mass is 9.94. The number of carbonyl (C=O) groups is 2. The van der Waals surface area contributed by atoms with Gasteiger partial charge in [0, 0.05) is 0 Å². The normalized spacial score (nSPS) is 18.8. The third-order valence-corrected chi connectivity index (χ3v) is 3.49. The van der Waals surface area contributed by atoms with Gasteiger partial charge in [0.2, 0.25) is 5.78 Å². The third kappa shape index (κ3) is 2.87. The zero-order valence-corrected chi connectivity index (χ0v) is 11.8. The Morgan fingerprint density at radius 1 is 1.04 bits per heavy atom. The van der Waals surface area contributed by atoms with Gasteiger partial charge in [0.05, 0.1) is 11.6 Å². The fraction of sp³-hybridized carbons (Fsp3) is 0.0556. The molecule has 1 saturated heterocycles. The summed E-state index contributed by atoms with van der Waals surface area (Å²) in [6.07, 6.45) is 1.41. The van der Waals surface area contributed by atoms with E-state index in [0.717, 1.165) is 0 Å². The predicted molar refractivity (Wildman–Crippen MR) is 79.4 cm³/mol. The van der Waals surface area contributed by atoms with Crippen molar-refractivity contribution < 1.29 is 18.7 Å². The highest BCUT2D eigenvalue weighted by molar-refractivity contribution is 6.19. The molecule has 112 valence electrons. The van der Waals surface area contributed by atoms with E-state index in [1.807, 2.05) is 6.07 Å². The second kappa shape index (κ2) is 5.85. The van der Waals surface area contributed by atoms with Crippen molar-refractivity contribution in [2.45, 2.75) is 5.92 Å². The number of allylic oxidation sites excluding steroid dienone is 1. The molecule has 0 bridgehead atoms. The molecule has 0 N–H and O–H groups in total. The Bertz CT molecular complexity index is 845. The molecule has 1 heterocycles. The standard InChI is InChI=1S/C18H10FNO3/c19-14-7-3-11(4-8-14)9-15-17(21)16(18(22)23-15)13-5-1-12(10-20)2-6-13/h1-9,16H/b15-9-. The molecule has 23 heavy (non-hydrogen) atoms. The lowest BCUT2D eigenvalue weighted by Crippen LogP contribution is -2.12. The summed E-state index contributed by atoms with van der Waals surface area (Å²) in [4.78, 5) is 24.4. The van der Waals surface area contributed by atoms with Crippen molar-refractivity contribution in [3.63, 3.8) is 0 Å². The van der Waals surface area contributed by atoms with E-state index < -0.39 is 23.5 Å². The summed E-state index contributed by atoms with van der Waals surface area (Å²) in [5.41, 5.74) is 1.47. The van der Waals surface area contributed by atoms with Crippen molar-refractivity contribution in [1.29, 1.82) is 5.26 Å². The number of ether oxygens (including phenoxy) is 1. The van der Waals surface area contributed by atoms with Crippen molar-refractivity contribution in [3.05, 3.63) is 76.8 Å². The van der Waals surface area contributed by atoms with Crippen LogP contribution in [0.3, 0.4) is 0 Å². The first-order valence-electron chi connectivity index (χ1n) is 6.82. The Kier molecular flexibility index (Phi) is 3.73. The second-order valence-electron chi connectivity index (χ2n) is 5.01. The average Bonchev–Trinajstić information content (AvgIpc) is 2.84. The van der Waals surface area contributed by atoms with E-state index in [4.69, 9.17) is 10.00 Å². The summed E-state index contributed by atoms with van der Waals surface area (Å²) in [7, 11) is 0. The molecule has 4 nitrogen and oxygen atoms in total. The Morgan fingerprint density at radius 3 is 2.30 bits per heavy atom. The Balaban J connectivity index is 1.90. The van der Waals surface area contributed by atoms with Crippen LogP contribution in [0.15, 0.2) is 54.3 Å². The van der Waals surface area contributed by atoms with Crippen LogP contribution in [0.4, 0.5) is 4.39 Å². The zero-order chi connectivity index (χ0) is 16.4. The number of hydrogen-bond acceptors (Lipinski definition) is 4. The largest absolute Gasteiger partial charge is 0.422 e. The number of cyclic esters (lactones) is 1. The van der Waals surface area contributed by atoms with Crippen LogP contribution in [0.1, 0.15) is 22.6 Å². The van der Waals surface area contributed by atoms with E-state index in [2.05, 4.69) is 0 Å². The summed E-state index contributed by atoms with van der Waals surface area (Å²) < 4.78 is 17.9. The van der Waals surface area contributed by atoms with E-state index in [-0.39, 0.29) is 5.76 Å². The number of nitriles is 1. The minimum Gasteiger partial charge on any atom is -0.422 e. The van der Waals surface area contributed by atoms with Crippen LogP contribution >= 0.6 is 0 Å². The fourth-order valence-electron chi connectivity index (χ4n) is 2.32. The molecule has 1 aliphatic heterocycles. The minimum atomic E-state index is -1.03. The highest BCUT2D eigenvalue weighted by Gasteiger charge is 2.40. The van der Waals surface area contributed by atoms with E-state index in [9.17, 15) is 14.0 Å². The topological polar surface area (TPSA) is 67.2 Å². The van der Waals surface area contributed by atoms with Gasteiger partial charge in [0.1, 0.15) is 11.7 Å². The lowest BCUT2D eigenvalue weighted by molar-refractivity contribution is -0.136. The molecule has 3 rings (SSSR count). The molecule has 1 aliphatic rings. The van der Waals surface area contributed by atoms with Crippen LogP contribution < -0.4 is 0 Å². The molecule has 0 spiro atoms. The number of Topliss-reactive ketones (excluding diaryl/α,β-unsaturated/α-hetero) is 1. The quantitative estimate of drug-likeness (QED) is 0.486. The van der Waals surface area contributed by atoms with Crippen LogP contribution in [0.25, 0.3) is 6.08 Å². The van der Waals surface area contributed by atoms with Crippen molar-refractivity contribution >= 4 is 17.8 Å². The maximum absolute atomic E-state index is 12.9. The first-order valence-corrected chi connectivity index (χ1v) is 6.82. The minimum absolute atomic E-state index is 0.0732. The summed E-state index contributed by atoms with van der Waals surface area (Å²) in [5.74, 6) is -2.61. The number of esters is 1. The first-order chi connectivity index (χ1) is 11.1. The molecule has 0 radical (unpaired) electrons. The van der Waals surface area contributed by atoms with Gasteiger partial charge < -0.3 is 4.74 Å². The van der Waals surface area contributed by atoms with Gasteiger partial charge in [-0.3, -0.25) is 9.59 Å². The van der Waals surface area contributed by atoms with Crippen LogP contribution in [0, 0.1) is 17.1 Å². The number of halogens is 1. The number of hydrogen-bond donors (Lipinski definition) is 0. The molecule has 0 amide bonds. The SMILES string of the molecule is N#Cc1ccc(C2C(=O)O/C(=C\c3ccc(F)cc3)C2=O)cc1. The maximum Gasteiger partial charge on any atom is 0.327 e. The molecule has 1 fully saturated rings. The number of carbonyl (C=O) groups excluding carboxylic acids is 2. The van der Waals surface area contributed by atoms with Gasteiger partial charge in [-0.1, -0.05) is 24.3 Å². The van der Waals surface area contributed by atoms with E-state index in [1.54, 1.807) is 12.1 Å². The molecular formula is C18H10FNO3. The van der Waals surface area contributed by atoms with Gasteiger partial charge in [0.15, 0.2) is 5.76 Å². The summed E-state index contributed by atoms with van der Waals surface area (Å²) in [5, 5.41) is 8.78. The third-order valence-electron chi connectivity index (χ3n) is 3.49. The molecule has 1 unspecified atom stereocenters. The molecule has 2 aromatic rings. The summed E-state index contributed by atoms with van der Waals surface area (Å²) >= 11 is 0. The molecule has 0 aliphatic carbocycles. The molecule has 1 atom stereocenters. The van der Waals surface area contributed by atoms with E-state index in [1.165, 1.54) is 42.5 Å². The lowest BCUT2D eigenvalue weighted by Gasteiger charge is -2.03. The molecule has 2 aromatic carbocycles. The Morgan fingerprint density at radius 2 is 1.70 bits per heavy atom. The van der Waals surface area contributed by atoms with Gasteiger partial charge in [-0.15, -0.1) is 0 Å². The number of ketones is 1. The van der Waals surface area contributed by atoms with E-state index in [0.29, 0.717) is 16.7 Å². The fourth-order valence-corrected chi connectivity index (χ4v) is 2.32. The van der Waals surface area contributed by atoms with Crippen LogP contribution in [0.2, 0.25) is 0 Å². The molecular weight excluding hydrogens is 297 g/mol. The second-order valence-corrected chi connectivity index (χ2v) is 5.01. The van der Waals surface area contributed by atoms with Gasteiger partial charge in [0.25, 0.3) is 0 Å². The number of benzene rings is 2. The zero-order valence-electron chi connectivity index (χ0n) is 11.8. The molecule has 0 aromatic heterocycles. The van der Waals surface area contributed by atoms with Gasteiger partial charge in [-0.25, -0.2) is 4.39 Å². The van der Waals surface area contributed by atoms with Crippen molar-refractivity contribution in [2.24, 2.45) is 0 Å². The van der Waals surface area contributed by atoms with Crippen molar-refractivity contribution in [2.75, 3.05) is 0 Å². The van der Waals surface area contributed by atoms with Crippen LogP contribution in [-0.2, 0) is 14.3 Å². The number of rotatable bonds is 2. The maximum atomic E-state index is 12.9. The summed E-state index contributed by atoms with van der Waals surface area (Å²) in [6, 6.07) is 13.6. The Hall–Kier alpha value is -3.26. The molecule has 0 saturated carbocycles. The first kappa shape index (κ1) is 14.7. The van der Waals surface area contributed by atoms with Gasteiger partial charge >= 0.3 is 5.97 Å².